The lowest BCUT2D eigenvalue weighted by Gasteiger charge is -2.27. The zero-order valence-electron chi connectivity index (χ0n) is 21.4. The van der Waals surface area contributed by atoms with Crippen molar-refractivity contribution in [3.63, 3.8) is 0 Å². The van der Waals surface area contributed by atoms with Crippen LogP contribution in [0, 0.1) is 0 Å². The first-order chi connectivity index (χ1) is 17.1. The third-order valence-electron chi connectivity index (χ3n) is 6.94. The molecule has 0 unspecified atom stereocenters. The Morgan fingerprint density at radius 1 is 1.17 bits per heavy atom. The highest BCUT2D eigenvalue weighted by atomic mass is 35.5. The largest absolute Gasteiger partial charge is 0.379 e. The standard InChI is InChI=1S/C25H36ClN5O4S/c1-28(2)24(32)8-6-19-17-20(5-7-22(19)26)25-21-18-30(36(3,33)34)12-9-23(21)31(27-25)11-4-10-29-13-15-35-16-14-29/h5,7,17H,4,6,8-16,18H2,1-3H3. The van der Waals surface area contributed by atoms with E-state index in [1.807, 2.05) is 18.2 Å². The van der Waals surface area contributed by atoms with E-state index in [0.717, 1.165) is 73.9 Å². The summed E-state index contributed by atoms with van der Waals surface area (Å²) in [6.07, 6.45) is 3.74. The van der Waals surface area contributed by atoms with Crippen LogP contribution in [-0.2, 0) is 45.5 Å². The predicted molar refractivity (Wildman–Crippen MR) is 141 cm³/mol. The Kier molecular flexibility index (Phi) is 8.72. The summed E-state index contributed by atoms with van der Waals surface area (Å²) < 4.78 is 33.7. The van der Waals surface area contributed by atoms with Crippen LogP contribution in [0.15, 0.2) is 18.2 Å². The molecular formula is C25H36ClN5O4S. The summed E-state index contributed by atoms with van der Waals surface area (Å²) in [6.45, 7) is 5.99. The minimum atomic E-state index is -3.32. The second-order valence-electron chi connectivity index (χ2n) is 9.75. The molecule has 1 amide bonds. The number of carbonyl (C=O) groups excluding carboxylic acids is 1. The smallest absolute Gasteiger partial charge is 0.222 e. The second-order valence-corrected chi connectivity index (χ2v) is 12.1. The summed E-state index contributed by atoms with van der Waals surface area (Å²) in [5.41, 5.74) is 4.63. The van der Waals surface area contributed by atoms with Crippen LogP contribution in [0.3, 0.4) is 0 Å². The Morgan fingerprint density at radius 3 is 2.61 bits per heavy atom. The number of halogens is 1. The lowest BCUT2D eigenvalue weighted by atomic mass is 9.99. The van der Waals surface area contributed by atoms with Gasteiger partial charge in [0, 0.05) is 88.0 Å². The van der Waals surface area contributed by atoms with E-state index in [4.69, 9.17) is 21.4 Å². The number of aryl methyl sites for hydroxylation is 2. The monoisotopic (exact) mass is 537 g/mol. The molecule has 1 aromatic heterocycles. The molecule has 0 radical (unpaired) electrons. The molecule has 1 aromatic carbocycles. The first kappa shape index (κ1) is 27.1. The Bertz CT molecular complexity index is 1190. The first-order valence-electron chi connectivity index (χ1n) is 12.5. The molecule has 0 bridgehead atoms. The maximum absolute atomic E-state index is 12.3. The van der Waals surface area contributed by atoms with Crippen LogP contribution in [0.25, 0.3) is 11.3 Å². The van der Waals surface area contributed by atoms with Crippen molar-refractivity contribution in [1.82, 2.24) is 23.9 Å². The Hall–Kier alpha value is -1.98. The minimum absolute atomic E-state index is 0.0437. The van der Waals surface area contributed by atoms with E-state index in [1.165, 1.54) is 10.6 Å². The van der Waals surface area contributed by atoms with Gasteiger partial charge in [0.1, 0.15) is 0 Å². The molecule has 2 aliphatic rings. The SMILES string of the molecule is CN(C)C(=O)CCc1cc(-c2nn(CCCN3CCOCC3)c3c2CN(S(C)(=O)=O)CC3)ccc1Cl. The highest BCUT2D eigenvalue weighted by molar-refractivity contribution is 7.88. The lowest BCUT2D eigenvalue weighted by molar-refractivity contribution is -0.128. The van der Waals surface area contributed by atoms with E-state index in [0.29, 0.717) is 37.4 Å². The number of nitrogens with zero attached hydrogens (tertiary/aromatic N) is 5. The molecule has 2 aliphatic heterocycles. The molecule has 0 atom stereocenters. The molecule has 0 saturated carbocycles. The molecular weight excluding hydrogens is 502 g/mol. The number of morpholine rings is 1. The number of benzene rings is 1. The molecule has 4 rings (SSSR count). The van der Waals surface area contributed by atoms with Gasteiger partial charge in [-0.25, -0.2) is 8.42 Å². The summed E-state index contributed by atoms with van der Waals surface area (Å²) in [6, 6.07) is 5.76. The van der Waals surface area contributed by atoms with Gasteiger partial charge in [-0.3, -0.25) is 14.4 Å². The van der Waals surface area contributed by atoms with Crippen LogP contribution >= 0.6 is 11.6 Å². The third-order valence-corrected chi connectivity index (χ3v) is 8.56. The molecule has 0 spiro atoms. The topological polar surface area (TPSA) is 88.0 Å². The number of carbonyl (C=O) groups is 1. The van der Waals surface area contributed by atoms with E-state index >= 15 is 0 Å². The van der Waals surface area contributed by atoms with Gasteiger partial charge >= 0.3 is 0 Å². The van der Waals surface area contributed by atoms with Crippen molar-refractivity contribution in [2.75, 3.05) is 59.7 Å². The number of sulfonamides is 1. The van der Waals surface area contributed by atoms with E-state index in [1.54, 1.807) is 19.0 Å². The quantitative estimate of drug-likeness (QED) is 0.487. The maximum Gasteiger partial charge on any atom is 0.222 e. The number of rotatable bonds is 9. The fourth-order valence-corrected chi connectivity index (χ4v) is 5.81. The molecule has 11 heteroatoms. The van der Waals surface area contributed by atoms with Gasteiger partial charge in [0.2, 0.25) is 15.9 Å². The van der Waals surface area contributed by atoms with Crippen molar-refractivity contribution in [2.24, 2.45) is 0 Å². The van der Waals surface area contributed by atoms with Crippen molar-refractivity contribution in [1.29, 1.82) is 0 Å². The summed E-state index contributed by atoms with van der Waals surface area (Å²) in [5.74, 6) is 0.0437. The second kappa shape index (κ2) is 11.6. The average Bonchev–Trinajstić information content (AvgIpc) is 3.21. The Labute approximate surface area is 219 Å². The highest BCUT2D eigenvalue weighted by Gasteiger charge is 2.30. The van der Waals surface area contributed by atoms with Crippen LogP contribution in [0.2, 0.25) is 5.02 Å². The fraction of sp³-hybridized carbons (Fsp3) is 0.600. The van der Waals surface area contributed by atoms with Gasteiger partial charge in [0.05, 0.1) is 25.2 Å². The molecule has 198 valence electrons. The normalized spacial score (nSPS) is 17.2. The zero-order valence-corrected chi connectivity index (χ0v) is 22.9. The third kappa shape index (κ3) is 6.47. The van der Waals surface area contributed by atoms with Gasteiger partial charge < -0.3 is 9.64 Å². The van der Waals surface area contributed by atoms with Crippen molar-refractivity contribution in [3.8, 4) is 11.3 Å². The van der Waals surface area contributed by atoms with Gasteiger partial charge in [-0.05, 0) is 30.5 Å². The molecule has 9 nitrogen and oxygen atoms in total. The molecule has 0 aliphatic carbocycles. The molecule has 3 heterocycles. The van der Waals surface area contributed by atoms with Crippen molar-refractivity contribution >= 4 is 27.5 Å². The molecule has 1 saturated heterocycles. The number of fused-ring (bicyclic) bond motifs is 1. The van der Waals surface area contributed by atoms with Gasteiger partial charge in [0.15, 0.2) is 0 Å². The Morgan fingerprint density at radius 2 is 1.92 bits per heavy atom. The highest BCUT2D eigenvalue weighted by Crippen LogP contribution is 2.33. The van der Waals surface area contributed by atoms with Crippen molar-refractivity contribution < 1.29 is 17.9 Å². The van der Waals surface area contributed by atoms with Gasteiger partial charge in [0.25, 0.3) is 0 Å². The maximum atomic E-state index is 12.3. The number of ether oxygens (including phenoxy) is 1. The van der Waals surface area contributed by atoms with E-state index < -0.39 is 10.0 Å². The number of hydrogen-bond donors (Lipinski definition) is 0. The zero-order chi connectivity index (χ0) is 25.9. The van der Waals surface area contributed by atoms with Gasteiger partial charge in [-0.1, -0.05) is 17.7 Å². The number of amides is 1. The van der Waals surface area contributed by atoms with E-state index in [-0.39, 0.29) is 5.91 Å². The lowest BCUT2D eigenvalue weighted by Crippen LogP contribution is -2.37. The predicted octanol–water partition coefficient (Wildman–Crippen LogP) is 2.26. The first-order valence-corrected chi connectivity index (χ1v) is 14.7. The van der Waals surface area contributed by atoms with Crippen molar-refractivity contribution in [3.05, 3.63) is 40.0 Å². The summed E-state index contributed by atoms with van der Waals surface area (Å²) >= 11 is 6.47. The van der Waals surface area contributed by atoms with Crippen LogP contribution in [0.4, 0.5) is 0 Å². The van der Waals surface area contributed by atoms with Gasteiger partial charge in [-0.15, -0.1) is 0 Å². The Balaban J connectivity index is 1.60. The molecule has 36 heavy (non-hydrogen) atoms. The van der Waals surface area contributed by atoms with Crippen LogP contribution in [0.1, 0.15) is 29.7 Å². The van der Waals surface area contributed by atoms with Crippen LogP contribution < -0.4 is 0 Å². The number of aromatic nitrogens is 2. The fourth-order valence-electron chi connectivity index (χ4n) is 4.81. The summed E-state index contributed by atoms with van der Waals surface area (Å²) in [5, 5.41) is 5.60. The van der Waals surface area contributed by atoms with Gasteiger partial charge in [-0.2, -0.15) is 9.40 Å². The van der Waals surface area contributed by atoms with Crippen LogP contribution in [0.5, 0.6) is 0 Å². The molecule has 1 fully saturated rings. The van der Waals surface area contributed by atoms with Crippen LogP contribution in [-0.4, -0.2) is 98.0 Å². The average molecular weight is 538 g/mol. The summed E-state index contributed by atoms with van der Waals surface area (Å²) in [4.78, 5) is 16.1. The van der Waals surface area contributed by atoms with Crippen molar-refractivity contribution in [2.45, 2.75) is 38.8 Å². The molecule has 2 aromatic rings. The van der Waals surface area contributed by atoms with E-state index in [9.17, 15) is 13.2 Å². The minimum Gasteiger partial charge on any atom is -0.379 e. The summed E-state index contributed by atoms with van der Waals surface area (Å²) in [7, 11) is 0.167. The number of hydrogen-bond acceptors (Lipinski definition) is 6. The molecule has 0 N–H and O–H groups in total. The van der Waals surface area contributed by atoms with E-state index in [2.05, 4.69) is 9.58 Å².